The Balaban J connectivity index is 1.51. The van der Waals surface area contributed by atoms with Gasteiger partial charge in [-0.25, -0.2) is 13.8 Å². The van der Waals surface area contributed by atoms with Gasteiger partial charge in [0.05, 0.1) is 17.4 Å². The molecule has 4 unspecified atom stereocenters. The summed E-state index contributed by atoms with van der Waals surface area (Å²) in [5, 5.41) is 16.6. The van der Waals surface area contributed by atoms with E-state index in [1.54, 1.807) is 16.3 Å². The normalized spacial score (nSPS) is 25.3. The van der Waals surface area contributed by atoms with Gasteiger partial charge in [0.25, 0.3) is 5.92 Å². The van der Waals surface area contributed by atoms with Crippen LogP contribution in [0.5, 0.6) is 0 Å². The second-order valence-electron chi connectivity index (χ2n) is 12.5. The molecule has 0 aromatic carbocycles. The minimum Gasteiger partial charge on any atom is -0.295 e. The molecule has 0 fully saturated rings. The van der Waals surface area contributed by atoms with Crippen LogP contribution in [0.25, 0.3) is 0 Å². The summed E-state index contributed by atoms with van der Waals surface area (Å²) in [6, 6.07) is -0.210. The highest BCUT2D eigenvalue weighted by atomic mass is 19.3. The molecule has 0 N–H and O–H groups in total. The zero-order chi connectivity index (χ0) is 28.5. The molecular weight excluding hydrogens is 505 g/mol. The summed E-state index contributed by atoms with van der Waals surface area (Å²) in [5.41, 5.74) is -0.964. The standard InChI is InChI=1S/C29H45F3N6O/c1-18(2)22-12-9-10-14-24-26(29(22,31)32)34-36-38(24)21(6)16-15-20(5)27(39)28(30)17-11-7-8-13-23-25(28)33-35-37(23)19(3)4/h18-22H,7-17H2,1-6H3. The summed E-state index contributed by atoms with van der Waals surface area (Å²) < 4.78 is 51.0. The van der Waals surface area contributed by atoms with Crippen molar-refractivity contribution in [2.24, 2.45) is 17.8 Å². The number of carbonyl (C=O) groups is 1. The topological polar surface area (TPSA) is 78.5 Å². The molecule has 0 saturated carbocycles. The van der Waals surface area contributed by atoms with Crippen LogP contribution in [0.3, 0.4) is 0 Å². The Morgan fingerprint density at radius 2 is 1.46 bits per heavy atom. The molecule has 2 aliphatic rings. The third-order valence-electron chi connectivity index (χ3n) is 8.92. The summed E-state index contributed by atoms with van der Waals surface area (Å²) >= 11 is 0. The quantitative estimate of drug-likeness (QED) is 0.351. The number of hydrogen-bond acceptors (Lipinski definition) is 5. The molecule has 4 atom stereocenters. The molecule has 7 nitrogen and oxygen atoms in total. The minimum absolute atomic E-state index is 0.0311. The number of halogens is 3. The van der Waals surface area contributed by atoms with Crippen molar-refractivity contribution in [3.63, 3.8) is 0 Å². The first-order valence-electron chi connectivity index (χ1n) is 14.9. The van der Waals surface area contributed by atoms with Crippen LogP contribution in [0, 0.1) is 17.8 Å². The van der Waals surface area contributed by atoms with Gasteiger partial charge in [0, 0.05) is 17.9 Å². The lowest BCUT2D eigenvalue weighted by Crippen LogP contribution is -2.37. The summed E-state index contributed by atoms with van der Waals surface area (Å²) in [7, 11) is 0. The van der Waals surface area contributed by atoms with E-state index >= 15 is 13.2 Å². The molecule has 39 heavy (non-hydrogen) atoms. The van der Waals surface area contributed by atoms with E-state index in [1.165, 1.54) is 0 Å². The predicted octanol–water partition coefficient (Wildman–Crippen LogP) is 7.07. The van der Waals surface area contributed by atoms with Crippen LogP contribution < -0.4 is 0 Å². The van der Waals surface area contributed by atoms with Gasteiger partial charge in [0.1, 0.15) is 5.69 Å². The van der Waals surface area contributed by atoms with Crippen molar-refractivity contribution in [3.05, 3.63) is 22.8 Å². The molecule has 0 spiro atoms. The van der Waals surface area contributed by atoms with Crippen molar-refractivity contribution in [2.75, 3.05) is 0 Å². The monoisotopic (exact) mass is 550 g/mol. The lowest BCUT2D eigenvalue weighted by atomic mass is 9.79. The number of alkyl halides is 3. The molecule has 0 radical (unpaired) electrons. The van der Waals surface area contributed by atoms with Crippen molar-refractivity contribution in [1.82, 2.24) is 30.0 Å². The van der Waals surface area contributed by atoms with Crippen LogP contribution in [-0.4, -0.2) is 35.8 Å². The van der Waals surface area contributed by atoms with Crippen LogP contribution in [-0.2, 0) is 29.2 Å². The Bertz CT molecular complexity index is 1140. The second kappa shape index (κ2) is 11.7. The van der Waals surface area contributed by atoms with Crippen molar-refractivity contribution < 1.29 is 18.0 Å². The molecule has 0 aliphatic heterocycles. The number of nitrogens with zero attached hydrogens (tertiary/aromatic N) is 6. The molecule has 0 amide bonds. The Morgan fingerprint density at radius 1 is 0.846 bits per heavy atom. The number of Topliss-reactive ketones (excluding diaryl/α,β-unsaturated/α-hetero) is 1. The number of hydrogen-bond donors (Lipinski definition) is 0. The summed E-state index contributed by atoms with van der Waals surface area (Å²) in [5.74, 6) is -4.99. The molecule has 10 heteroatoms. The molecule has 0 bridgehead atoms. The molecule has 0 saturated heterocycles. The average Bonchev–Trinajstić information content (AvgIpc) is 3.48. The highest BCUT2D eigenvalue weighted by Gasteiger charge is 2.49. The van der Waals surface area contributed by atoms with Crippen LogP contribution in [0.4, 0.5) is 13.2 Å². The van der Waals surface area contributed by atoms with Gasteiger partial charge < -0.3 is 0 Å². The average molecular weight is 551 g/mol. The lowest BCUT2D eigenvalue weighted by molar-refractivity contribution is -0.136. The molecule has 218 valence electrons. The summed E-state index contributed by atoms with van der Waals surface area (Å²) in [6.07, 6.45) is 6.61. The van der Waals surface area contributed by atoms with Gasteiger partial charge in [-0.05, 0) is 84.5 Å². The van der Waals surface area contributed by atoms with Crippen LogP contribution in [0.15, 0.2) is 0 Å². The number of rotatable bonds is 8. The Morgan fingerprint density at radius 3 is 2.13 bits per heavy atom. The smallest absolute Gasteiger partial charge is 0.295 e. The van der Waals surface area contributed by atoms with Gasteiger partial charge >= 0.3 is 0 Å². The fraction of sp³-hybridized carbons (Fsp3) is 0.828. The highest BCUT2D eigenvalue weighted by molar-refractivity contribution is 5.90. The number of aromatic nitrogens is 6. The maximum atomic E-state index is 16.6. The van der Waals surface area contributed by atoms with E-state index in [-0.39, 0.29) is 35.8 Å². The van der Waals surface area contributed by atoms with E-state index < -0.39 is 29.2 Å². The van der Waals surface area contributed by atoms with E-state index in [0.717, 1.165) is 31.4 Å². The van der Waals surface area contributed by atoms with Gasteiger partial charge in [-0.1, -0.05) is 44.0 Å². The third-order valence-corrected chi connectivity index (χ3v) is 8.92. The molecule has 2 heterocycles. The zero-order valence-corrected chi connectivity index (χ0v) is 24.4. The van der Waals surface area contributed by atoms with Gasteiger partial charge in [-0.2, -0.15) is 8.78 Å². The Labute approximate surface area is 230 Å². The number of ketones is 1. The van der Waals surface area contributed by atoms with Crippen molar-refractivity contribution in [1.29, 1.82) is 0 Å². The number of carbonyl (C=O) groups excluding carboxylic acids is 1. The van der Waals surface area contributed by atoms with Gasteiger partial charge in [0.2, 0.25) is 5.67 Å². The van der Waals surface area contributed by atoms with E-state index in [4.69, 9.17) is 0 Å². The summed E-state index contributed by atoms with van der Waals surface area (Å²) in [4.78, 5) is 13.6. The van der Waals surface area contributed by atoms with Gasteiger partial charge in [-0.15, -0.1) is 10.2 Å². The molecule has 2 aromatic rings. The lowest BCUT2D eigenvalue weighted by Gasteiger charge is -2.31. The molecular formula is C29H45F3N6O. The second-order valence-corrected chi connectivity index (χ2v) is 12.5. The summed E-state index contributed by atoms with van der Waals surface area (Å²) in [6.45, 7) is 11.3. The fourth-order valence-electron chi connectivity index (χ4n) is 6.53. The van der Waals surface area contributed by atoms with Gasteiger partial charge in [-0.3, -0.25) is 4.79 Å². The van der Waals surface area contributed by atoms with E-state index in [1.807, 2.05) is 34.6 Å². The molecule has 2 aliphatic carbocycles. The maximum Gasteiger partial charge on any atom is 0.296 e. The molecule has 2 aromatic heterocycles. The Hall–Kier alpha value is -2.26. The fourth-order valence-corrected chi connectivity index (χ4v) is 6.53. The first-order valence-corrected chi connectivity index (χ1v) is 14.9. The maximum absolute atomic E-state index is 16.6. The van der Waals surface area contributed by atoms with Crippen LogP contribution in [0.2, 0.25) is 0 Å². The van der Waals surface area contributed by atoms with Crippen molar-refractivity contribution >= 4 is 5.78 Å². The SMILES string of the molecule is CC(CCC(C)n1nnc2c1CCCCC(C(C)C)C2(F)F)C(=O)C1(F)CCCCCc2c1nnn2C(C)C. The van der Waals surface area contributed by atoms with Crippen LogP contribution >= 0.6 is 0 Å². The molecule has 4 rings (SSSR count). The minimum atomic E-state index is -3.03. The predicted molar refractivity (Wildman–Crippen MR) is 143 cm³/mol. The largest absolute Gasteiger partial charge is 0.296 e. The van der Waals surface area contributed by atoms with Crippen LogP contribution in [0.1, 0.15) is 134 Å². The van der Waals surface area contributed by atoms with E-state index in [9.17, 15) is 4.79 Å². The highest BCUT2D eigenvalue weighted by Crippen LogP contribution is 2.45. The van der Waals surface area contributed by atoms with Gasteiger partial charge in [0.15, 0.2) is 11.5 Å². The Kier molecular flexibility index (Phi) is 8.91. The van der Waals surface area contributed by atoms with E-state index in [0.29, 0.717) is 44.2 Å². The first-order chi connectivity index (χ1) is 18.4. The number of fused-ring (bicyclic) bond motifs is 2. The zero-order valence-electron chi connectivity index (χ0n) is 24.4. The van der Waals surface area contributed by atoms with E-state index in [2.05, 4.69) is 20.6 Å². The first kappa shape index (κ1) is 29.7. The van der Waals surface area contributed by atoms with Crippen molar-refractivity contribution in [2.45, 2.75) is 136 Å². The third kappa shape index (κ3) is 5.67. The van der Waals surface area contributed by atoms with Crippen molar-refractivity contribution in [3.8, 4) is 0 Å².